The van der Waals surface area contributed by atoms with E-state index in [1.807, 2.05) is 24.1 Å². The lowest BCUT2D eigenvalue weighted by Crippen LogP contribution is -2.56. The van der Waals surface area contributed by atoms with Crippen molar-refractivity contribution in [1.82, 2.24) is 28.7 Å². The van der Waals surface area contributed by atoms with Gasteiger partial charge in [-0.3, -0.25) is 29.0 Å². The summed E-state index contributed by atoms with van der Waals surface area (Å²) in [5.74, 6) is -2.72. The van der Waals surface area contributed by atoms with Crippen molar-refractivity contribution in [2.24, 2.45) is 0 Å². The van der Waals surface area contributed by atoms with Crippen LogP contribution in [0.3, 0.4) is 0 Å². The van der Waals surface area contributed by atoms with Gasteiger partial charge in [0.15, 0.2) is 17.3 Å². The van der Waals surface area contributed by atoms with E-state index in [0.717, 1.165) is 43.4 Å². The molecule has 2 amide bonds. The zero-order valence-electron chi connectivity index (χ0n) is 37.2. The number of carbonyl (C=O) groups is 4. The lowest BCUT2D eigenvalue weighted by Gasteiger charge is -2.50. The number of piperidine rings is 2. The number of alkyl halides is 6. The van der Waals surface area contributed by atoms with Gasteiger partial charge in [0.2, 0.25) is 0 Å². The third-order valence-corrected chi connectivity index (χ3v) is 13.5. The van der Waals surface area contributed by atoms with Gasteiger partial charge in [-0.2, -0.15) is 26.3 Å². The van der Waals surface area contributed by atoms with Crippen molar-refractivity contribution in [3.8, 4) is 5.75 Å². The van der Waals surface area contributed by atoms with Crippen LogP contribution in [-0.2, 0) is 35.5 Å². The summed E-state index contributed by atoms with van der Waals surface area (Å²) in [6.07, 6.45) is -6.80. The van der Waals surface area contributed by atoms with Gasteiger partial charge in [0.1, 0.15) is 6.61 Å². The molecule has 12 nitrogen and oxygen atoms in total. The first-order valence-electron chi connectivity index (χ1n) is 21.9. The minimum absolute atomic E-state index is 0.0563. The zero-order chi connectivity index (χ0) is 47.8. The van der Waals surface area contributed by atoms with Crippen LogP contribution in [-0.4, -0.2) is 131 Å². The maximum atomic E-state index is 14.2. The van der Waals surface area contributed by atoms with Crippen LogP contribution in [0.25, 0.3) is 0 Å². The average molecular weight is 931 g/mol. The van der Waals surface area contributed by atoms with Crippen molar-refractivity contribution in [2.75, 3.05) is 66.6 Å². The molecule has 66 heavy (non-hydrogen) atoms. The minimum Gasteiger partial charge on any atom is -0.491 e. The van der Waals surface area contributed by atoms with E-state index in [9.17, 15) is 49.9 Å². The maximum Gasteiger partial charge on any atom is 0.456 e. The first kappa shape index (κ1) is 48.4. The highest BCUT2D eigenvalue weighted by Crippen LogP contribution is 2.44. The molecule has 0 N–H and O–H groups in total. The van der Waals surface area contributed by atoms with Crippen LogP contribution in [0.2, 0.25) is 0 Å². The predicted octanol–water partition coefficient (Wildman–Crippen LogP) is 7.69. The fourth-order valence-corrected chi connectivity index (χ4v) is 9.93. The fourth-order valence-electron chi connectivity index (χ4n) is 9.93. The van der Waals surface area contributed by atoms with Crippen LogP contribution >= 0.6 is 0 Å². The van der Waals surface area contributed by atoms with Gasteiger partial charge in [-0.05, 0) is 107 Å². The number of carbonyl (C=O) groups excluding carboxylic acids is 4. The molecule has 6 heterocycles. The van der Waals surface area contributed by atoms with Gasteiger partial charge >= 0.3 is 12.4 Å². The summed E-state index contributed by atoms with van der Waals surface area (Å²) >= 11 is 0. The highest BCUT2D eigenvalue weighted by atomic mass is 19.4. The Labute approximate surface area is 377 Å². The van der Waals surface area contributed by atoms with E-state index < -0.39 is 36.1 Å². The number of rotatable bonds is 9. The average Bonchev–Trinajstić information content (AvgIpc) is 3.93. The molecule has 0 atom stereocenters. The van der Waals surface area contributed by atoms with Gasteiger partial charge < -0.3 is 28.4 Å². The normalized spacial score (nSPS) is 18.3. The van der Waals surface area contributed by atoms with Gasteiger partial charge in [-0.1, -0.05) is 12.1 Å². The fraction of sp³-hybridized carbons (Fsp3) is 0.489. The standard InChI is InChI=1S/C24H28F3N3O3.C23H25F4N3O3/c1-17(31)20-7-8-21-23(28(2)13-14-30(20)21)9-11-29(12-10-23)22(32)19-5-3-18(4-6-19)15-33-16-24(25,26)27;1-3-33-18-6-4-15(14-16(18)24)21(32)29-10-8-22(9-11-29)19-7-5-17(20(31)23(25,26)27)30(19)13-12-28(22)2/h3-8H,9-16H2,1-2H3;4-7,14H,3,8-13H2,1-2H3. The quantitative estimate of drug-likeness (QED) is 0.124. The van der Waals surface area contributed by atoms with Gasteiger partial charge in [-0.15, -0.1) is 0 Å². The molecule has 8 rings (SSSR count). The molecule has 0 radical (unpaired) electrons. The van der Waals surface area contributed by atoms with E-state index in [4.69, 9.17) is 4.74 Å². The van der Waals surface area contributed by atoms with Crippen molar-refractivity contribution >= 4 is 23.4 Å². The summed E-state index contributed by atoms with van der Waals surface area (Å²) in [4.78, 5) is 57.8. The van der Waals surface area contributed by atoms with Crippen LogP contribution in [0.4, 0.5) is 30.7 Å². The van der Waals surface area contributed by atoms with Gasteiger partial charge in [0.05, 0.1) is 35.7 Å². The Morgan fingerprint density at radius 2 is 1.12 bits per heavy atom. The first-order chi connectivity index (χ1) is 31.2. The molecule has 0 saturated carbocycles. The number of benzene rings is 2. The van der Waals surface area contributed by atoms with Crippen LogP contribution in [0.5, 0.6) is 5.75 Å². The van der Waals surface area contributed by atoms with Crippen molar-refractivity contribution in [3.05, 3.63) is 112 Å². The number of likely N-dealkylation sites (tertiary alicyclic amines) is 2. The molecule has 4 aliphatic heterocycles. The molecule has 2 aromatic carbocycles. The van der Waals surface area contributed by atoms with E-state index >= 15 is 0 Å². The summed E-state index contributed by atoms with van der Waals surface area (Å²) in [5.41, 5.74) is 2.68. The molecule has 2 fully saturated rings. The molecular weight excluding hydrogens is 878 g/mol. The second-order valence-electron chi connectivity index (χ2n) is 17.3. The lowest BCUT2D eigenvalue weighted by atomic mass is 9.81. The Balaban J connectivity index is 0.000000196. The number of hydrogen-bond donors (Lipinski definition) is 0. The molecule has 2 saturated heterocycles. The molecule has 19 heteroatoms. The Morgan fingerprint density at radius 3 is 1.59 bits per heavy atom. The van der Waals surface area contributed by atoms with Crippen LogP contribution in [0, 0.1) is 5.82 Å². The number of ketones is 2. The molecule has 4 aliphatic rings. The number of nitrogens with zero attached hydrogens (tertiary/aromatic N) is 6. The first-order valence-corrected chi connectivity index (χ1v) is 21.9. The third-order valence-electron chi connectivity index (χ3n) is 13.5. The van der Waals surface area contributed by atoms with Crippen LogP contribution < -0.4 is 4.74 Å². The Bertz CT molecular complexity index is 2430. The van der Waals surface area contributed by atoms with E-state index in [2.05, 4.69) is 26.2 Å². The number of likely N-dealkylation sites (N-methyl/N-ethyl adjacent to an activating group) is 2. The highest BCUT2D eigenvalue weighted by molar-refractivity contribution is 5.99. The Hall–Kier alpha value is -5.53. The molecule has 2 spiro atoms. The third kappa shape index (κ3) is 9.65. The van der Waals surface area contributed by atoms with Crippen molar-refractivity contribution < 1.29 is 59.4 Å². The van der Waals surface area contributed by atoms with Crippen molar-refractivity contribution in [1.29, 1.82) is 0 Å². The largest absolute Gasteiger partial charge is 0.491 e. The van der Waals surface area contributed by atoms with Crippen molar-refractivity contribution in [3.63, 3.8) is 0 Å². The van der Waals surface area contributed by atoms with Crippen LogP contribution in [0.15, 0.2) is 66.7 Å². The number of hydrogen-bond acceptors (Lipinski definition) is 8. The lowest BCUT2D eigenvalue weighted by molar-refractivity contribution is -0.176. The van der Waals surface area contributed by atoms with E-state index in [-0.39, 0.29) is 53.3 Å². The summed E-state index contributed by atoms with van der Waals surface area (Å²) in [5, 5.41) is 0. The van der Waals surface area contributed by atoms with Gasteiger partial charge in [-0.25, -0.2) is 4.39 Å². The predicted molar refractivity (Wildman–Crippen MR) is 228 cm³/mol. The van der Waals surface area contributed by atoms with Gasteiger partial charge in [0, 0.05) is 81.8 Å². The molecule has 0 aliphatic carbocycles. The molecular formula is C47H53F7N6O6. The zero-order valence-corrected chi connectivity index (χ0v) is 37.2. The minimum atomic E-state index is -4.94. The molecule has 0 bridgehead atoms. The summed E-state index contributed by atoms with van der Waals surface area (Å²) < 4.78 is 103. The van der Waals surface area contributed by atoms with E-state index in [1.54, 1.807) is 49.1 Å². The number of Topliss-reactive ketones (excluding diaryl/α,β-unsaturated/α-hetero) is 2. The molecule has 0 unspecified atom stereocenters. The van der Waals surface area contributed by atoms with E-state index in [1.165, 1.54) is 22.8 Å². The summed E-state index contributed by atoms with van der Waals surface area (Å²) in [6.45, 7) is 6.44. The summed E-state index contributed by atoms with van der Waals surface area (Å²) in [7, 11) is 4.00. The molecule has 4 aromatic rings. The number of halogens is 7. The monoisotopic (exact) mass is 930 g/mol. The number of fused-ring (bicyclic) bond motifs is 4. The van der Waals surface area contributed by atoms with Crippen LogP contribution in [0.1, 0.15) is 98.2 Å². The number of ether oxygens (including phenoxy) is 2. The van der Waals surface area contributed by atoms with Crippen molar-refractivity contribution in [2.45, 2.75) is 82.7 Å². The van der Waals surface area contributed by atoms with E-state index in [0.29, 0.717) is 69.0 Å². The second kappa shape index (κ2) is 19.0. The smallest absolute Gasteiger partial charge is 0.456 e. The molecule has 356 valence electrons. The maximum absolute atomic E-state index is 14.2. The SMILES string of the molecule is CC(=O)c1ccc2n1CCN(C)C21CCN(C(=O)c2ccc(COCC(F)(F)F)cc2)CC1.CCOc1ccc(C(=O)N2CCC3(CC2)c2ccc(C(=O)C(F)(F)F)n2CCN3C)cc1F. The van der Waals surface area contributed by atoms with Gasteiger partial charge in [0.25, 0.3) is 17.6 Å². The summed E-state index contributed by atoms with van der Waals surface area (Å²) in [6, 6.07) is 17.4. The Morgan fingerprint density at radius 1 is 0.636 bits per heavy atom. The highest BCUT2D eigenvalue weighted by Gasteiger charge is 2.49. The Kier molecular flexibility index (Phi) is 13.9. The molecule has 2 aromatic heterocycles. The number of amides is 2. The second-order valence-corrected chi connectivity index (χ2v) is 17.3. The topological polar surface area (TPSA) is 110 Å². The number of aromatic nitrogens is 2.